The molecule has 0 N–H and O–H groups in total. The van der Waals surface area contributed by atoms with Crippen LogP contribution in [0.5, 0.6) is 0 Å². The fourth-order valence-electron chi connectivity index (χ4n) is 0.931. The van der Waals surface area contributed by atoms with Gasteiger partial charge in [0, 0.05) is 5.56 Å². The minimum Gasteiger partial charge on any atom is -0.264 e. The van der Waals surface area contributed by atoms with Gasteiger partial charge in [0.1, 0.15) is 0 Å². The number of nitrogens with zero attached hydrogens (tertiary/aromatic N) is 1. The molecule has 0 atom stereocenters. The largest absolute Gasteiger partial charge is 0.264 e. The molecule has 12 heavy (non-hydrogen) atoms. The Morgan fingerprint density at radius 3 is 2.42 bits per heavy atom. The Labute approximate surface area is 78.3 Å². The van der Waals surface area contributed by atoms with E-state index in [1.165, 1.54) is 5.56 Å². The van der Waals surface area contributed by atoms with Gasteiger partial charge in [-0.1, -0.05) is 29.8 Å². The molecule has 0 heterocycles. The van der Waals surface area contributed by atoms with Gasteiger partial charge in [-0.05, 0) is 19.0 Å². The Morgan fingerprint density at radius 1 is 1.42 bits per heavy atom. The Bertz CT molecular complexity index is 298. The van der Waals surface area contributed by atoms with Gasteiger partial charge in [-0.3, -0.25) is 4.99 Å². The van der Waals surface area contributed by atoms with Crippen molar-refractivity contribution in [2.45, 2.75) is 6.92 Å². The summed E-state index contributed by atoms with van der Waals surface area (Å²) >= 11 is 4.04. The lowest BCUT2D eigenvalue weighted by Crippen LogP contribution is -1.79. The van der Waals surface area contributed by atoms with E-state index in [0.29, 0.717) is 0 Å². The van der Waals surface area contributed by atoms with Crippen molar-refractivity contribution in [2.75, 3.05) is 0 Å². The first kappa shape index (κ1) is 9.07. The lowest BCUT2D eigenvalue weighted by atomic mass is 10.1. The van der Waals surface area contributed by atoms with E-state index in [4.69, 9.17) is 0 Å². The standard InChI is InChI=1S/C10H11NS/c1-8-3-5-9(6-4-8)10(7-12)11-2/h3-7,12H,2H2,1H3/b10-7-. The van der Waals surface area contributed by atoms with Gasteiger partial charge in [0.15, 0.2) is 0 Å². The SMILES string of the molecule is C=N/C(=C\S)c1ccc(C)cc1. The lowest BCUT2D eigenvalue weighted by Gasteiger charge is -1.99. The highest BCUT2D eigenvalue weighted by atomic mass is 32.1. The molecule has 0 unspecified atom stereocenters. The minimum absolute atomic E-state index is 0.804. The van der Waals surface area contributed by atoms with Crippen LogP contribution >= 0.6 is 12.6 Å². The van der Waals surface area contributed by atoms with Crippen LogP contribution in [0.25, 0.3) is 5.70 Å². The van der Waals surface area contributed by atoms with Gasteiger partial charge in [-0.15, -0.1) is 12.6 Å². The Balaban J connectivity index is 3.04. The molecular formula is C10H11NS. The van der Waals surface area contributed by atoms with E-state index in [1.807, 2.05) is 24.3 Å². The van der Waals surface area contributed by atoms with Crippen molar-refractivity contribution >= 4 is 25.0 Å². The molecule has 0 fully saturated rings. The van der Waals surface area contributed by atoms with E-state index < -0.39 is 0 Å². The summed E-state index contributed by atoms with van der Waals surface area (Å²) in [7, 11) is 0. The summed E-state index contributed by atoms with van der Waals surface area (Å²) in [5.41, 5.74) is 3.09. The van der Waals surface area contributed by atoms with Crippen LogP contribution < -0.4 is 0 Å². The molecule has 0 aliphatic carbocycles. The summed E-state index contributed by atoms with van der Waals surface area (Å²) in [4.78, 5) is 3.84. The fourth-order valence-corrected chi connectivity index (χ4v) is 1.16. The zero-order valence-corrected chi connectivity index (χ0v) is 7.88. The van der Waals surface area contributed by atoms with Gasteiger partial charge < -0.3 is 0 Å². The van der Waals surface area contributed by atoms with Crippen LogP contribution in [0, 0.1) is 6.92 Å². The first-order valence-corrected chi connectivity index (χ1v) is 4.17. The molecule has 1 rings (SSSR count). The molecule has 1 aromatic rings. The van der Waals surface area contributed by atoms with E-state index >= 15 is 0 Å². The zero-order chi connectivity index (χ0) is 8.97. The molecule has 0 saturated carbocycles. The van der Waals surface area contributed by atoms with Crippen LogP contribution in [0.1, 0.15) is 11.1 Å². The number of thiol groups is 1. The number of hydrogen-bond donors (Lipinski definition) is 1. The van der Waals surface area contributed by atoms with Crippen molar-refractivity contribution in [2.24, 2.45) is 4.99 Å². The van der Waals surface area contributed by atoms with E-state index in [0.717, 1.165) is 11.3 Å². The average Bonchev–Trinajstić information content (AvgIpc) is 2.10. The second-order valence-corrected chi connectivity index (χ2v) is 2.80. The van der Waals surface area contributed by atoms with Crippen molar-refractivity contribution in [3.05, 3.63) is 40.8 Å². The maximum atomic E-state index is 4.04. The topological polar surface area (TPSA) is 12.4 Å². The molecule has 0 saturated heterocycles. The molecule has 0 radical (unpaired) electrons. The summed E-state index contributed by atoms with van der Waals surface area (Å²) in [6.45, 7) is 5.51. The maximum absolute atomic E-state index is 4.04. The molecule has 0 aliphatic heterocycles. The van der Waals surface area contributed by atoms with E-state index in [2.05, 4.69) is 31.3 Å². The third-order valence-electron chi connectivity index (χ3n) is 1.64. The third kappa shape index (κ3) is 1.98. The van der Waals surface area contributed by atoms with Crippen LogP contribution in [0.3, 0.4) is 0 Å². The van der Waals surface area contributed by atoms with Gasteiger partial charge in [0.2, 0.25) is 0 Å². The van der Waals surface area contributed by atoms with Gasteiger partial charge >= 0.3 is 0 Å². The second-order valence-electron chi connectivity index (χ2n) is 2.54. The predicted molar refractivity (Wildman–Crippen MR) is 57.7 cm³/mol. The number of aliphatic imine (C=N–C) groups is 1. The van der Waals surface area contributed by atoms with Gasteiger partial charge in [-0.2, -0.15) is 0 Å². The summed E-state index contributed by atoms with van der Waals surface area (Å²) in [5.74, 6) is 0. The number of hydrogen-bond acceptors (Lipinski definition) is 2. The second kappa shape index (κ2) is 4.12. The fraction of sp³-hybridized carbons (Fsp3) is 0.100. The highest BCUT2D eigenvalue weighted by molar-refractivity contribution is 7.83. The van der Waals surface area contributed by atoms with E-state index in [-0.39, 0.29) is 0 Å². The van der Waals surface area contributed by atoms with E-state index in [9.17, 15) is 0 Å². The van der Waals surface area contributed by atoms with Gasteiger partial charge in [-0.25, -0.2) is 0 Å². The number of aryl methyl sites for hydroxylation is 1. The van der Waals surface area contributed by atoms with Crippen LogP contribution in [-0.4, -0.2) is 6.72 Å². The zero-order valence-electron chi connectivity index (χ0n) is 6.99. The van der Waals surface area contributed by atoms with Crippen molar-refractivity contribution in [3.8, 4) is 0 Å². The van der Waals surface area contributed by atoms with Crippen molar-refractivity contribution in [1.29, 1.82) is 0 Å². The van der Waals surface area contributed by atoms with E-state index in [1.54, 1.807) is 5.41 Å². The lowest BCUT2D eigenvalue weighted by molar-refractivity contribution is 1.44. The highest BCUT2D eigenvalue weighted by Crippen LogP contribution is 2.16. The molecule has 0 spiro atoms. The summed E-state index contributed by atoms with van der Waals surface area (Å²) < 4.78 is 0. The van der Waals surface area contributed by atoms with Crippen LogP contribution in [-0.2, 0) is 0 Å². The Morgan fingerprint density at radius 2 is 2.00 bits per heavy atom. The van der Waals surface area contributed by atoms with Crippen molar-refractivity contribution in [1.82, 2.24) is 0 Å². The van der Waals surface area contributed by atoms with Crippen LogP contribution in [0.2, 0.25) is 0 Å². The predicted octanol–water partition coefficient (Wildman–Crippen LogP) is 2.92. The van der Waals surface area contributed by atoms with Crippen LogP contribution in [0.4, 0.5) is 0 Å². The minimum atomic E-state index is 0.804. The van der Waals surface area contributed by atoms with Crippen LogP contribution in [0.15, 0.2) is 34.7 Å². The van der Waals surface area contributed by atoms with Crippen molar-refractivity contribution < 1.29 is 0 Å². The molecular weight excluding hydrogens is 166 g/mol. The average molecular weight is 177 g/mol. The first-order chi connectivity index (χ1) is 5.77. The van der Waals surface area contributed by atoms with Gasteiger partial charge in [0.05, 0.1) is 5.70 Å². The summed E-state index contributed by atoms with van der Waals surface area (Å²) in [6.07, 6.45) is 0. The van der Waals surface area contributed by atoms with Crippen molar-refractivity contribution in [3.63, 3.8) is 0 Å². The molecule has 1 nitrogen and oxygen atoms in total. The highest BCUT2D eigenvalue weighted by Gasteiger charge is 1.95. The Kier molecular flexibility index (Phi) is 3.11. The molecule has 0 bridgehead atoms. The monoisotopic (exact) mass is 177 g/mol. The number of benzene rings is 1. The molecule has 0 aromatic heterocycles. The summed E-state index contributed by atoms with van der Waals surface area (Å²) in [6, 6.07) is 8.09. The quantitative estimate of drug-likeness (QED) is 0.527. The third-order valence-corrected chi connectivity index (χ3v) is 1.88. The molecule has 62 valence electrons. The van der Waals surface area contributed by atoms with Gasteiger partial charge in [0.25, 0.3) is 0 Å². The molecule has 2 heteroatoms. The number of rotatable bonds is 2. The maximum Gasteiger partial charge on any atom is 0.0754 e. The molecule has 0 amide bonds. The smallest absolute Gasteiger partial charge is 0.0754 e. The normalized spacial score (nSPS) is 11.3. The molecule has 1 aromatic carbocycles. The Hall–Kier alpha value is -1.02. The summed E-state index contributed by atoms with van der Waals surface area (Å²) in [5, 5.41) is 1.65. The first-order valence-electron chi connectivity index (χ1n) is 3.66. The molecule has 0 aliphatic rings.